The van der Waals surface area contributed by atoms with Crippen LogP contribution in [-0.4, -0.2) is 37.1 Å². The standard InChI is InChI=1S/C17H19N5O2/c1-11(2)15-19-16(24-20-15)14-7-5-8-21(14)17(23)12-10-18-22-9-4-3-6-13(12)22/h3-4,6,9-11,14H,5,7-8H2,1-2H3/t14-/m0/s1. The van der Waals surface area contributed by atoms with Crippen LogP contribution in [0.4, 0.5) is 0 Å². The second-order valence-corrected chi connectivity index (χ2v) is 6.39. The Hall–Kier alpha value is -2.70. The van der Waals surface area contributed by atoms with Crippen molar-refractivity contribution < 1.29 is 9.32 Å². The average Bonchev–Trinajstić information content (AvgIpc) is 3.31. The summed E-state index contributed by atoms with van der Waals surface area (Å²) < 4.78 is 7.13. The minimum Gasteiger partial charge on any atom is -0.337 e. The van der Waals surface area contributed by atoms with Gasteiger partial charge in [-0.05, 0) is 25.0 Å². The van der Waals surface area contributed by atoms with Crippen molar-refractivity contribution in [2.45, 2.75) is 38.6 Å². The van der Waals surface area contributed by atoms with E-state index in [0.29, 0.717) is 23.8 Å². The van der Waals surface area contributed by atoms with Gasteiger partial charge in [-0.2, -0.15) is 10.1 Å². The number of pyridine rings is 1. The number of likely N-dealkylation sites (tertiary alicyclic amines) is 1. The zero-order chi connectivity index (χ0) is 16.7. The summed E-state index contributed by atoms with van der Waals surface area (Å²) in [5.74, 6) is 1.37. The SMILES string of the molecule is CC(C)c1noc([C@@H]2CCCN2C(=O)c2cnn3ccccc23)n1. The van der Waals surface area contributed by atoms with Gasteiger partial charge in [0, 0.05) is 18.7 Å². The molecular weight excluding hydrogens is 306 g/mol. The minimum atomic E-state index is -0.156. The molecule has 3 aromatic rings. The van der Waals surface area contributed by atoms with E-state index in [1.54, 1.807) is 10.7 Å². The van der Waals surface area contributed by atoms with Crippen LogP contribution in [0, 0.1) is 0 Å². The van der Waals surface area contributed by atoms with E-state index in [9.17, 15) is 4.79 Å². The molecule has 0 N–H and O–H groups in total. The molecule has 0 spiro atoms. The van der Waals surface area contributed by atoms with Crippen molar-refractivity contribution in [2.75, 3.05) is 6.54 Å². The van der Waals surface area contributed by atoms with E-state index in [2.05, 4.69) is 15.2 Å². The third kappa shape index (κ3) is 2.36. The molecule has 1 aliphatic heterocycles. The summed E-state index contributed by atoms with van der Waals surface area (Å²) in [7, 11) is 0. The fourth-order valence-corrected chi connectivity index (χ4v) is 3.14. The normalized spacial score (nSPS) is 18.0. The van der Waals surface area contributed by atoms with E-state index in [1.807, 2.05) is 43.1 Å². The monoisotopic (exact) mass is 325 g/mol. The zero-order valence-corrected chi connectivity index (χ0v) is 13.7. The first kappa shape index (κ1) is 14.9. The number of carbonyl (C=O) groups excluding carboxylic acids is 1. The first-order valence-corrected chi connectivity index (χ1v) is 8.22. The summed E-state index contributed by atoms with van der Waals surface area (Å²) in [5.41, 5.74) is 1.41. The predicted molar refractivity (Wildman–Crippen MR) is 86.6 cm³/mol. The maximum absolute atomic E-state index is 13.0. The molecule has 1 fully saturated rings. The highest BCUT2D eigenvalue weighted by Crippen LogP contribution is 2.33. The third-order valence-electron chi connectivity index (χ3n) is 4.43. The Kier molecular flexibility index (Phi) is 3.55. The van der Waals surface area contributed by atoms with Gasteiger partial charge < -0.3 is 9.42 Å². The van der Waals surface area contributed by atoms with Crippen molar-refractivity contribution >= 4 is 11.4 Å². The number of hydrogen-bond acceptors (Lipinski definition) is 5. The van der Waals surface area contributed by atoms with E-state index < -0.39 is 0 Å². The maximum Gasteiger partial charge on any atom is 0.258 e. The molecule has 7 nitrogen and oxygen atoms in total. The third-order valence-corrected chi connectivity index (χ3v) is 4.43. The maximum atomic E-state index is 13.0. The van der Waals surface area contributed by atoms with Gasteiger partial charge in [-0.15, -0.1) is 0 Å². The van der Waals surface area contributed by atoms with Crippen LogP contribution < -0.4 is 0 Å². The van der Waals surface area contributed by atoms with Crippen molar-refractivity contribution in [3.8, 4) is 0 Å². The first-order chi connectivity index (χ1) is 11.6. The average molecular weight is 325 g/mol. The molecule has 1 saturated heterocycles. The molecule has 0 unspecified atom stereocenters. The second-order valence-electron chi connectivity index (χ2n) is 6.39. The number of carbonyl (C=O) groups is 1. The van der Waals surface area contributed by atoms with Crippen LogP contribution in [0.25, 0.3) is 5.52 Å². The van der Waals surface area contributed by atoms with Crippen LogP contribution in [0.15, 0.2) is 35.1 Å². The largest absolute Gasteiger partial charge is 0.337 e. The van der Waals surface area contributed by atoms with Crippen molar-refractivity contribution in [3.63, 3.8) is 0 Å². The summed E-state index contributed by atoms with van der Waals surface area (Å²) in [6.07, 6.45) is 5.22. The Bertz CT molecular complexity index is 882. The van der Waals surface area contributed by atoms with Crippen LogP contribution in [0.5, 0.6) is 0 Å². The van der Waals surface area contributed by atoms with Crippen LogP contribution in [0.1, 0.15) is 60.7 Å². The number of rotatable bonds is 3. The molecule has 0 aliphatic carbocycles. The number of nitrogens with zero attached hydrogens (tertiary/aromatic N) is 5. The van der Waals surface area contributed by atoms with Gasteiger partial charge in [-0.3, -0.25) is 4.79 Å². The van der Waals surface area contributed by atoms with Gasteiger partial charge in [0.25, 0.3) is 5.91 Å². The lowest BCUT2D eigenvalue weighted by atomic mass is 10.2. The molecule has 4 rings (SSSR count). The van der Waals surface area contributed by atoms with E-state index in [1.165, 1.54) is 0 Å². The summed E-state index contributed by atoms with van der Waals surface area (Å²) >= 11 is 0. The highest BCUT2D eigenvalue weighted by molar-refractivity contribution is 6.00. The zero-order valence-electron chi connectivity index (χ0n) is 13.7. The highest BCUT2D eigenvalue weighted by atomic mass is 16.5. The number of aromatic nitrogens is 4. The summed E-state index contributed by atoms with van der Waals surface area (Å²) in [5, 5.41) is 8.28. The smallest absolute Gasteiger partial charge is 0.258 e. The van der Waals surface area contributed by atoms with Gasteiger partial charge in [0.05, 0.1) is 17.3 Å². The Labute approximate surface area is 139 Å². The van der Waals surface area contributed by atoms with E-state index >= 15 is 0 Å². The Balaban J connectivity index is 1.65. The predicted octanol–water partition coefficient (Wildman–Crippen LogP) is 2.82. The molecule has 7 heteroatoms. The molecule has 1 amide bonds. The van der Waals surface area contributed by atoms with Crippen LogP contribution in [0.2, 0.25) is 0 Å². The van der Waals surface area contributed by atoms with E-state index in [0.717, 1.165) is 18.4 Å². The Morgan fingerprint density at radius 3 is 3.04 bits per heavy atom. The lowest BCUT2D eigenvalue weighted by Gasteiger charge is -2.21. The highest BCUT2D eigenvalue weighted by Gasteiger charge is 2.35. The number of fused-ring (bicyclic) bond motifs is 1. The lowest BCUT2D eigenvalue weighted by Crippen LogP contribution is -2.30. The molecule has 0 bridgehead atoms. The van der Waals surface area contributed by atoms with Gasteiger partial charge in [0.15, 0.2) is 5.82 Å². The van der Waals surface area contributed by atoms with Gasteiger partial charge in [-0.25, -0.2) is 4.52 Å². The fourth-order valence-electron chi connectivity index (χ4n) is 3.14. The molecular formula is C17H19N5O2. The van der Waals surface area contributed by atoms with Crippen molar-refractivity contribution in [3.05, 3.63) is 47.9 Å². The molecule has 0 aromatic carbocycles. The topological polar surface area (TPSA) is 76.5 Å². The molecule has 124 valence electrons. The van der Waals surface area contributed by atoms with Crippen molar-refractivity contribution in [1.82, 2.24) is 24.7 Å². The van der Waals surface area contributed by atoms with E-state index in [4.69, 9.17) is 4.52 Å². The summed E-state index contributed by atoms with van der Waals surface area (Å²) in [4.78, 5) is 19.3. The van der Waals surface area contributed by atoms with Crippen molar-refractivity contribution in [2.24, 2.45) is 0 Å². The molecule has 0 saturated carbocycles. The van der Waals surface area contributed by atoms with Crippen LogP contribution >= 0.6 is 0 Å². The van der Waals surface area contributed by atoms with Crippen LogP contribution in [0.3, 0.4) is 0 Å². The lowest BCUT2D eigenvalue weighted by molar-refractivity contribution is 0.0712. The molecule has 3 aromatic heterocycles. The Morgan fingerprint density at radius 2 is 2.25 bits per heavy atom. The van der Waals surface area contributed by atoms with E-state index in [-0.39, 0.29) is 17.9 Å². The molecule has 1 aliphatic rings. The molecule has 0 radical (unpaired) electrons. The summed E-state index contributed by atoms with van der Waals surface area (Å²) in [6, 6.07) is 5.53. The van der Waals surface area contributed by atoms with Crippen LogP contribution in [-0.2, 0) is 0 Å². The molecule has 24 heavy (non-hydrogen) atoms. The second kappa shape index (κ2) is 5.74. The van der Waals surface area contributed by atoms with Gasteiger partial charge >= 0.3 is 0 Å². The number of amides is 1. The van der Waals surface area contributed by atoms with Gasteiger partial charge in [-0.1, -0.05) is 25.1 Å². The van der Waals surface area contributed by atoms with Gasteiger partial charge in [0.2, 0.25) is 5.89 Å². The summed E-state index contributed by atoms with van der Waals surface area (Å²) in [6.45, 7) is 4.73. The molecule has 1 atom stereocenters. The van der Waals surface area contributed by atoms with Gasteiger partial charge in [0.1, 0.15) is 6.04 Å². The quantitative estimate of drug-likeness (QED) is 0.740. The first-order valence-electron chi connectivity index (χ1n) is 8.22. The number of hydrogen-bond donors (Lipinski definition) is 0. The molecule has 4 heterocycles. The minimum absolute atomic E-state index is 0.0389. The fraction of sp³-hybridized carbons (Fsp3) is 0.412. The Morgan fingerprint density at radius 1 is 1.38 bits per heavy atom. The van der Waals surface area contributed by atoms with Crippen molar-refractivity contribution in [1.29, 1.82) is 0 Å².